The van der Waals surface area contributed by atoms with Crippen LogP contribution in [0.4, 0.5) is 0 Å². The number of rotatable bonds is 3. The Kier molecular flexibility index (Phi) is 4.14. The molecule has 0 N–H and O–H groups in total. The first-order chi connectivity index (χ1) is 11.1. The highest BCUT2D eigenvalue weighted by Crippen LogP contribution is 2.33. The molecule has 0 unspecified atom stereocenters. The van der Waals surface area contributed by atoms with Gasteiger partial charge in [-0.3, -0.25) is 4.79 Å². The molecule has 0 fully saturated rings. The molecular formula is C17H19N3O3. The van der Waals surface area contributed by atoms with Crippen molar-refractivity contribution in [3.8, 4) is 11.5 Å². The van der Waals surface area contributed by atoms with Gasteiger partial charge in [-0.1, -0.05) is 0 Å². The first kappa shape index (κ1) is 15.3. The minimum atomic E-state index is -0.0991. The third-order valence-corrected chi connectivity index (χ3v) is 4.02. The van der Waals surface area contributed by atoms with Crippen LogP contribution in [0.15, 0.2) is 24.3 Å². The van der Waals surface area contributed by atoms with E-state index in [1.807, 2.05) is 19.1 Å². The zero-order valence-electron chi connectivity index (χ0n) is 13.5. The zero-order valence-corrected chi connectivity index (χ0v) is 13.5. The molecule has 1 aliphatic heterocycles. The molecule has 1 aromatic carbocycles. The predicted molar refractivity (Wildman–Crippen MR) is 84.8 cm³/mol. The summed E-state index contributed by atoms with van der Waals surface area (Å²) in [6.07, 6.45) is 0.778. The van der Waals surface area contributed by atoms with Gasteiger partial charge < -0.3 is 14.4 Å². The first-order valence-corrected chi connectivity index (χ1v) is 7.45. The molecule has 0 radical (unpaired) electrons. The minimum Gasteiger partial charge on any atom is -0.493 e. The van der Waals surface area contributed by atoms with Gasteiger partial charge in [0, 0.05) is 13.1 Å². The Hall–Kier alpha value is -2.63. The molecule has 1 amide bonds. The number of aryl methyl sites for hydroxylation is 1. The van der Waals surface area contributed by atoms with Crippen LogP contribution in [-0.2, 0) is 13.0 Å². The Morgan fingerprint density at radius 1 is 1.09 bits per heavy atom. The Morgan fingerprint density at radius 2 is 1.78 bits per heavy atom. The first-order valence-electron chi connectivity index (χ1n) is 7.45. The molecule has 0 aliphatic carbocycles. The van der Waals surface area contributed by atoms with E-state index < -0.39 is 0 Å². The van der Waals surface area contributed by atoms with E-state index in [4.69, 9.17) is 9.47 Å². The summed E-state index contributed by atoms with van der Waals surface area (Å²) < 4.78 is 10.7. The second kappa shape index (κ2) is 6.24. The number of amides is 1. The summed E-state index contributed by atoms with van der Waals surface area (Å²) >= 11 is 0. The summed E-state index contributed by atoms with van der Waals surface area (Å²) in [6.45, 7) is 3.03. The number of carbonyl (C=O) groups excluding carboxylic acids is 1. The van der Waals surface area contributed by atoms with Gasteiger partial charge in [-0.05, 0) is 48.7 Å². The molecule has 2 aromatic rings. The second-order valence-electron chi connectivity index (χ2n) is 5.51. The second-order valence-corrected chi connectivity index (χ2v) is 5.51. The summed E-state index contributed by atoms with van der Waals surface area (Å²) in [5, 5.41) is 7.94. The lowest BCUT2D eigenvalue weighted by Crippen LogP contribution is -2.36. The van der Waals surface area contributed by atoms with Crippen LogP contribution in [0.5, 0.6) is 11.5 Å². The van der Waals surface area contributed by atoms with E-state index >= 15 is 0 Å². The Bertz CT molecular complexity index is 729. The lowest BCUT2D eigenvalue weighted by Gasteiger charge is -2.29. The summed E-state index contributed by atoms with van der Waals surface area (Å²) in [5.41, 5.74) is 3.42. The van der Waals surface area contributed by atoms with Crippen LogP contribution in [0, 0.1) is 6.92 Å². The van der Waals surface area contributed by atoms with Gasteiger partial charge >= 0.3 is 0 Å². The van der Waals surface area contributed by atoms with E-state index in [0.717, 1.165) is 23.4 Å². The molecule has 120 valence electrons. The summed E-state index contributed by atoms with van der Waals surface area (Å²) in [4.78, 5) is 14.4. The number of hydrogen-bond donors (Lipinski definition) is 0. The standard InChI is InChI=1S/C17H19N3O3/c1-11-4-5-14(19-18-11)17(21)20-7-6-12-8-15(22-2)16(23-3)9-13(12)10-20/h4-5,8-9H,6-7,10H2,1-3H3. The van der Waals surface area contributed by atoms with Crippen LogP contribution in [0.1, 0.15) is 27.3 Å². The molecule has 1 aliphatic rings. The van der Waals surface area contributed by atoms with Crippen LogP contribution < -0.4 is 9.47 Å². The van der Waals surface area contributed by atoms with Crippen molar-refractivity contribution in [1.29, 1.82) is 0 Å². The van der Waals surface area contributed by atoms with Gasteiger partial charge in [0.15, 0.2) is 17.2 Å². The molecule has 0 bridgehead atoms. The number of nitrogens with zero attached hydrogens (tertiary/aromatic N) is 3. The van der Waals surface area contributed by atoms with E-state index in [1.54, 1.807) is 31.3 Å². The molecule has 3 rings (SSSR count). The fourth-order valence-electron chi connectivity index (χ4n) is 2.73. The Labute approximate surface area is 135 Å². The topological polar surface area (TPSA) is 64.6 Å². The number of ether oxygens (including phenoxy) is 2. The van der Waals surface area contributed by atoms with Crippen molar-refractivity contribution < 1.29 is 14.3 Å². The van der Waals surface area contributed by atoms with Crippen molar-refractivity contribution in [2.45, 2.75) is 19.9 Å². The van der Waals surface area contributed by atoms with E-state index in [1.165, 1.54) is 5.56 Å². The van der Waals surface area contributed by atoms with Gasteiger partial charge in [-0.25, -0.2) is 0 Å². The molecule has 0 atom stereocenters. The molecule has 6 heteroatoms. The van der Waals surface area contributed by atoms with E-state index in [9.17, 15) is 4.79 Å². The molecular weight excluding hydrogens is 294 g/mol. The van der Waals surface area contributed by atoms with Crippen LogP contribution >= 0.6 is 0 Å². The average Bonchev–Trinajstić information content (AvgIpc) is 2.60. The van der Waals surface area contributed by atoms with Gasteiger partial charge in [0.05, 0.1) is 19.9 Å². The predicted octanol–water partition coefficient (Wildman–Crippen LogP) is 2.00. The normalized spacial score (nSPS) is 13.4. The quantitative estimate of drug-likeness (QED) is 0.867. The van der Waals surface area contributed by atoms with Crippen molar-refractivity contribution in [3.63, 3.8) is 0 Å². The lowest BCUT2D eigenvalue weighted by molar-refractivity contribution is 0.0727. The monoisotopic (exact) mass is 313 g/mol. The van der Waals surface area contributed by atoms with Crippen molar-refractivity contribution in [3.05, 3.63) is 46.8 Å². The maximum atomic E-state index is 12.6. The molecule has 0 saturated carbocycles. The zero-order chi connectivity index (χ0) is 16.4. The van der Waals surface area contributed by atoms with Gasteiger partial charge in [-0.15, -0.1) is 5.10 Å². The van der Waals surface area contributed by atoms with Gasteiger partial charge in [0.25, 0.3) is 5.91 Å². The highest BCUT2D eigenvalue weighted by Gasteiger charge is 2.24. The summed E-state index contributed by atoms with van der Waals surface area (Å²) in [7, 11) is 3.23. The van der Waals surface area contributed by atoms with Crippen LogP contribution in [0.25, 0.3) is 0 Å². The van der Waals surface area contributed by atoms with E-state index in [0.29, 0.717) is 24.5 Å². The van der Waals surface area contributed by atoms with Gasteiger partial charge in [-0.2, -0.15) is 5.10 Å². The number of benzene rings is 1. The lowest BCUT2D eigenvalue weighted by atomic mass is 9.98. The van der Waals surface area contributed by atoms with Gasteiger partial charge in [0.2, 0.25) is 0 Å². The maximum absolute atomic E-state index is 12.6. The third-order valence-electron chi connectivity index (χ3n) is 4.02. The smallest absolute Gasteiger partial charge is 0.274 e. The fraction of sp³-hybridized carbons (Fsp3) is 0.353. The largest absolute Gasteiger partial charge is 0.493 e. The SMILES string of the molecule is COc1cc2c(cc1OC)CN(C(=O)c1ccc(C)nn1)CC2. The molecule has 23 heavy (non-hydrogen) atoms. The number of hydrogen-bond acceptors (Lipinski definition) is 5. The molecule has 6 nitrogen and oxygen atoms in total. The average molecular weight is 313 g/mol. The maximum Gasteiger partial charge on any atom is 0.274 e. The van der Waals surface area contributed by atoms with E-state index in [2.05, 4.69) is 10.2 Å². The highest BCUT2D eigenvalue weighted by molar-refractivity contribution is 5.92. The Morgan fingerprint density at radius 3 is 2.39 bits per heavy atom. The fourth-order valence-corrected chi connectivity index (χ4v) is 2.73. The van der Waals surface area contributed by atoms with Crippen molar-refractivity contribution in [1.82, 2.24) is 15.1 Å². The molecule has 0 saturated heterocycles. The Balaban J connectivity index is 1.84. The summed E-state index contributed by atoms with van der Waals surface area (Å²) in [5.74, 6) is 1.30. The van der Waals surface area contributed by atoms with E-state index in [-0.39, 0.29) is 5.91 Å². The number of aromatic nitrogens is 2. The third kappa shape index (κ3) is 2.97. The van der Waals surface area contributed by atoms with Gasteiger partial charge in [0.1, 0.15) is 0 Å². The number of fused-ring (bicyclic) bond motifs is 1. The number of carbonyl (C=O) groups is 1. The molecule has 0 spiro atoms. The van der Waals surface area contributed by atoms with Crippen molar-refractivity contribution in [2.75, 3.05) is 20.8 Å². The van der Waals surface area contributed by atoms with Crippen LogP contribution in [-0.4, -0.2) is 41.8 Å². The minimum absolute atomic E-state index is 0.0991. The number of methoxy groups -OCH3 is 2. The molecule has 2 heterocycles. The van der Waals surface area contributed by atoms with Crippen LogP contribution in [0.3, 0.4) is 0 Å². The highest BCUT2D eigenvalue weighted by atomic mass is 16.5. The van der Waals surface area contributed by atoms with Crippen molar-refractivity contribution >= 4 is 5.91 Å². The van der Waals surface area contributed by atoms with Crippen molar-refractivity contribution in [2.24, 2.45) is 0 Å². The molecule has 1 aromatic heterocycles. The van der Waals surface area contributed by atoms with Crippen LogP contribution in [0.2, 0.25) is 0 Å². The summed E-state index contributed by atoms with van der Waals surface area (Å²) in [6, 6.07) is 7.44.